The summed E-state index contributed by atoms with van der Waals surface area (Å²) in [6, 6.07) is 0. The normalized spacial score (nSPS) is 11.5. The van der Waals surface area contributed by atoms with Crippen LogP contribution < -0.4 is 51.4 Å². The van der Waals surface area contributed by atoms with Crippen LogP contribution in [0.3, 0.4) is 0 Å². The van der Waals surface area contributed by atoms with E-state index in [1.165, 1.54) is 44.9 Å². The standard InChI is InChI=1S/C18H35NO4S.K/c1-3-4-5-6-7-8-9-10-11-12-15-18(20)19(2)16-13-14-17-24(21,22)23;/h12,15H,3-11,13-14,16-17H2,1-2H3,(H,21,22,23);/q;+1/p-1/b15-12+;. The summed E-state index contributed by atoms with van der Waals surface area (Å²) in [5, 5.41) is 0. The average Bonchev–Trinajstić information content (AvgIpc) is 2.52. The number of amides is 1. The Bertz CT molecular complexity index is 452. The van der Waals surface area contributed by atoms with E-state index in [4.69, 9.17) is 0 Å². The molecule has 0 atom stereocenters. The summed E-state index contributed by atoms with van der Waals surface area (Å²) in [5.41, 5.74) is 0. The first kappa shape index (κ1) is 28.0. The number of carbonyl (C=O) groups excluding carboxylic acids is 1. The van der Waals surface area contributed by atoms with E-state index in [0.29, 0.717) is 19.4 Å². The molecule has 0 aliphatic carbocycles. The number of likely N-dealkylation sites (N-methyl/N-ethyl adjacent to an activating group) is 1. The molecule has 0 unspecified atom stereocenters. The van der Waals surface area contributed by atoms with E-state index >= 15 is 0 Å². The molecular weight excluding hydrogens is 365 g/mol. The monoisotopic (exact) mass is 399 g/mol. The van der Waals surface area contributed by atoms with E-state index in [1.807, 2.05) is 6.08 Å². The van der Waals surface area contributed by atoms with Gasteiger partial charge in [-0.25, -0.2) is 8.42 Å². The second-order valence-corrected chi connectivity index (χ2v) is 7.92. The SMILES string of the molecule is CCCCCCCCCC/C=C/C(=O)N(C)CCCCS(=O)(=O)[O-].[K+]. The van der Waals surface area contributed by atoms with Gasteiger partial charge in [0, 0.05) is 19.3 Å². The molecule has 7 heteroatoms. The predicted molar refractivity (Wildman–Crippen MR) is 97.8 cm³/mol. The van der Waals surface area contributed by atoms with Crippen LogP contribution in [0.2, 0.25) is 0 Å². The number of hydrogen-bond acceptors (Lipinski definition) is 4. The summed E-state index contributed by atoms with van der Waals surface area (Å²) < 4.78 is 31.4. The van der Waals surface area contributed by atoms with Crippen molar-refractivity contribution in [2.24, 2.45) is 0 Å². The van der Waals surface area contributed by atoms with E-state index in [2.05, 4.69) is 6.92 Å². The first-order chi connectivity index (χ1) is 11.4. The minimum absolute atomic E-state index is 0. The average molecular weight is 400 g/mol. The zero-order chi connectivity index (χ0) is 18.3. The van der Waals surface area contributed by atoms with E-state index < -0.39 is 10.1 Å². The number of nitrogens with zero attached hydrogens (tertiary/aromatic N) is 1. The Balaban J connectivity index is 0. The number of carbonyl (C=O) groups is 1. The van der Waals surface area contributed by atoms with Gasteiger partial charge in [-0.2, -0.15) is 0 Å². The predicted octanol–water partition coefficient (Wildman–Crippen LogP) is 0.861. The minimum Gasteiger partial charge on any atom is -0.748 e. The van der Waals surface area contributed by atoms with Crippen molar-refractivity contribution in [3.05, 3.63) is 12.2 Å². The molecule has 0 aromatic carbocycles. The Labute approximate surface area is 197 Å². The number of rotatable bonds is 15. The van der Waals surface area contributed by atoms with Gasteiger partial charge in [0.1, 0.15) is 0 Å². The van der Waals surface area contributed by atoms with Crippen molar-refractivity contribution in [2.45, 2.75) is 77.6 Å². The van der Waals surface area contributed by atoms with Crippen molar-refractivity contribution in [3.63, 3.8) is 0 Å². The maximum Gasteiger partial charge on any atom is 1.00 e. The Morgan fingerprint density at radius 2 is 1.52 bits per heavy atom. The van der Waals surface area contributed by atoms with Crippen molar-refractivity contribution in [1.29, 1.82) is 0 Å². The van der Waals surface area contributed by atoms with Gasteiger partial charge in [0.2, 0.25) is 5.91 Å². The zero-order valence-electron chi connectivity index (χ0n) is 16.3. The van der Waals surface area contributed by atoms with Crippen LogP contribution in [0.15, 0.2) is 12.2 Å². The number of allylic oxidation sites excluding steroid dienone is 1. The molecule has 5 nitrogen and oxygen atoms in total. The van der Waals surface area contributed by atoms with E-state index in [9.17, 15) is 17.8 Å². The fraction of sp³-hybridized carbons (Fsp3) is 0.833. The van der Waals surface area contributed by atoms with Crippen molar-refractivity contribution in [2.75, 3.05) is 19.3 Å². The molecule has 0 bridgehead atoms. The van der Waals surface area contributed by atoms with E-state index in [-0.39, 0.29) is 63.0 Å². The Kier molecular flexibility index (Phi) is 20.3. The maximum atomic E-state index is 11.8. The summed E-state index contributed by atoms with van der Waals surface area (Å²) >= 11 is 0. The first-order valence-corrected chi connectivity index (χ1v) is 10.8. The summed E-state index contributed by atoms with van der Waals surface area (Å²) in [6.45, 7) is 2.69. The van der Waals surface area contributed by atoms with E-state index in [1.54, 1.807) is 18.0 Å². The summed E-state index contributed by atoms with van der Waals surface area (Å²) in [7, 11) is -2.45. The zero-order valence-corrected chi connectivity index (χ0v) is 20.3. The van der Waals surface area contributed by atoms with Crippen molar-refractivity contribution in [1.82, 2.24) is 4.90 Å². The van der Waals surface area contributed by atoms with E-state index in [0.717, 1.165) is 12.8 Å². The van der Waals surface area contributed by atoms with Crippen molar-refractivity contribution >= 4 is 16.0 Å². The van der Waals surface area contributed by atoms with Gasteiger partial charge in [-0.3, -0.25) is 4.79 Å². The Hall–Kier alpha value is 0.756. The quantitative estimate of drug-likeness (QED) is 0.177. The maximum absolute atomic E-state index is 11.8. The van der Waals surface area contributed by atoms with Crippen LogP contribution in [0.4, 0.5) is 0 Å². The summed E-state index contributed by atoms with van der Waals surface area (Å²) in [6.07, 6.45) is 15.5. The van der Waals surface area contributed by atoms with Gasteiger partial charge in [0.05, 0.1) is 10.1 Å². The van der Waals surface area contributed by atoms with Gasteiger partial charge >= 0.3 is 51.4 Å². The molecule has 0 fully saturated rings. The fourth-order valence-corrected chi connectivity index (χ4v) is 3.00. The third-order valence-corrected chi connectivity index (χ3v) is 4.79. The molecule has 142 valence electrons. The van der Waals surface area contributed by atoms with Gasteiger partial charge in [0.15, 0.2) is 0 Å². The van der Waals surface area contributed by atoms with Crippen LogP contribution in [-0.2, 0) is 14.9 Å². The summed E-state index contributed by atoms with van der Waals surface area (Å²) in [4.78, 5) is 13.4. The second kappa shape index (κ2) is 18.1. The van der Waals surface area contributed by atoms with Gasteiger partial charge < -0.3 is 9.45 Å². The molecule has 25 heavy (non-hydrogen) atoms. The molecule has 0 N–H and O–H groups in total. The summed E-state index contributed by atoms with van der Waals surface area (Å²) in [5.74, 6) is -0.428. The first-order valence-electron chi connectivity index (χ1n) is 9.22. The topological polar surface area (TPSA) is 77.5 Å². The molecular formula is C18H34KNO4S. The molecule has 0 saturated heterocycles. The van der Waals surface area contributed by atoms with Crippen molar-refractivity contribution < 1.29 is 69.1 Å². The molecule has 1 amide bonds. The second-order valence-electron chi connectivity index (χ2n) is 6.39. The molecule has 0 radical (unpaired) electrons. The van der Waals surface area contributed by atoms with Gasteiger partial charge in [-0.15, -0.1) is 0 Å². The minimum atomic E-state index is -4.14. The molecule has 0 heterocycles. The van der Waals surface area contributed by atoms with Gasteiger partial charge in [0.25, 0.3) is 0 Å². The smallest absolute Gasteiger partial charge is 0.748 e. The van der Waals surface area contributed by atoms with Crippen LogP contribution in [0.1, 0.15) is 77.6 Å². The van der Waals surface area contributed by atoms with Crippen molar-refractivity contribution in [3.8, 4) is 0 Å². The molecule has 0 aromatic heterocycles. The Morgan fingerprint density at radius 3 is 2.08 bits per heavy atom. The molecule has 0 spiro atoms. The van der Waals surface area contributed by atoms with Gasteiger partial charge in [-0.1, -0.05) is 57.9 Å². The van der Waals surface area contributed by atoms with Crippen LogP contribution in [0, 0.1) is 0 Å². The molecule has 0 aliphatic heterocycles. The fourth-order valence-electron chi connectivity index (χ4n) is 2.45. The third kappa shape index (κ3) is 20.9. The van der Waals surface area contributed by atoms with Gasteiger partial charge in [-0.05, 0) is 31.8 Å². The van der Waals surface area contributed by atoms with Crippen LogP contribution in [0.5, 0.6) is 0 Å². The molecule has 0 rings (SSSR count). The van der Waals surface area contributed by atoms with Crippen LogP contribution in [-0.4, -0.2) is 43.1 Å². The number of unbranched alkanes of at least 4 members (excludes halogenated alkanes) is 9. The van der Waals surface area contributed by atoms with Crippen LogP contribution in [0.25, 0.3) is 0 Å². The largest absolute Gasteiger partial charge is 1.00 e. The number of hydrogen-bond donors (Lipinski definition) is 0. The Morgan fingerprint density at radius 1 is 0.960 bits per heavy atom. The molecule has 0 aromatic rings. The molecule has 0 saturated carbocycles. The molecule has 0 aliphatic rings. The third-order valence-electron chi connectivity index (χ3n) is 4.00. The van der Waals surface area contributed by atoms with Crippen LogP contribution >= 0.6 is 0 Å².